The molecule has 3 heteroatoms. The van der Waals surface area contributed by atoms with Crippen molar-refractivity contribution in [3.8, 4) is 0 Å². The predicted octanol–water partition coefficient (Wildman–Crippen LogP) is 2.36. The molecule has 3 heterocycles. The quantitative estimate of drug-likeness (QED) is 0.867. The smallest absolute Gasteiger partial charge is 0.128 e. The SMILES string of the molecule is Cc1ccc(N2CCCC(C3CCCN3)C2)nc1. The Morgan fingerprint density at radius 2 is 2.22 bits per heavy atom. The van der Waals surface area contributed by atoms with Gasteiger partial charge in [-0.15, -0.1) is 0 Å². The van der Waals surface area contributed by atoms with Crippen molar-refractivity contribution in [2.24, 2.45) is 5.92 Å². The second-order valence-corrected chi connectivity index (χ2v) is 5.74. The lowest BCUT2D eigenvalue weighted by molar-refractivity contribution is 0.328. The van der Waals surface area contributed by atoms with E-state index < -0.39 is 0 Å². The van der Waals surface area contributed by atoms with Crippen LogP contribution in [0.5, 0.6) is 0 Å². The minimum absolute atomic E-state index is 0.748. The Bertz CT molecular complexity index is 381. The van der Waals surface area contributed by atoms with E-state index in [-0.39, 0.29) is 0 Å². The third-order valence-electron chi connectivity index (χ3n) is 4.35. The van der Waals surface area contributed by atoms with Gasteiger partial charge in [0.1, 0.15) is 5.82 Å². The molecule has 2 aliphatic rings. The lowest BCUT2D eigenvalue weighted by Crippen LogP contribution is -2.43. The van der Waals surface area contributed by atoms with E-state index in [0.29, 0.717) is 0 Å². The zero-order valence-corrected chi connectivity index (χ0v) is 11.2. The monoisotopic (exact) mass is 245 g/mol. The van der Waals surface area contributed by atoms with Crippen LogP contribution in [0.25, 0.3) is 0 Å². The molecule has 2 saturated heterocycles. The van der Waals surface area contributed by atoms with Gasteiger partial charge in [0.05, 0.1) is 0 Å². The lowest BCUT2D eigenvalue weighted by atomic mass is 9.90. The molecule has 2 fully saturated rings. The van der Waals surface area contributed by atoms with Gasteiger partial charge in [0.15, 0.2) is 0 Å². The molecule has 2 aliphatic heterocycles. The maximum absolute atomic E-state index is 4.57. The Labute approximate surface area is 110 Å². The molecule has 0 spiro atoms. The highest BCUT2D eigenvalue weighted by atomic mass is 15.2. The number of hydrogen-bond donors (Lipinski definition) is 1. The van der Waals surface area contributed by atoms with Gasteiger partial charge in [-0.2, -0.15) is 0 Å². The number of piperidine rings is 1. The van der Waals surface area contributed by atoms with E-state index in [2.05, 4.69) is 34.3 Å². The number of pyridine rings is 1. The van der Waals surface area contributed by atoms with Gasteiger partial charge in [-0.3, -0.25) is 0 Å². The first kappa shape index (κ1) is 12.0. The largest absolute Gasteiger partial charge is 0.356 e. The van der Waals surface area contributed by atoms with Crippen LogP contribution < -0.4 is 10.2 Å². The molecule has 1 aromatic heterocycles. The summed E-state index contributed by atoms with van der Waals surface area (Å²) in [6.07, 6.45) is 7.37. The fourth-order valence-electron chi connectivity index (χ4n) is 3.31. The van der Waals surface area contributed by atoms with E-state index in [1.54, 1.807) is 0 Å². The molecule has 0 aromatic carbocycles. The van der Waals surface area contributed by atoms with Gasteiger partial charge >= 0.3 is 0 Å². The molecule has 1 aromatic rings. The summed E-state index contributed by atoms with van der Waals surface area (Å²) < 4.78 is 0. The molecular weight excluding hydrogens is 222 g/mol. The molecule has 0 aliphatic carbocycles. The van der Waals surface area contributed by atoms with Crippen molar-refractivity contribution in [3.63, 3.8) is 0 Å². The van der Waals surface area contributed by atoms with Crippen LogP contribution in [0.1, 0.15) is 31.2 Å². The minimum atomic E-state index is 0.748. The lowest BCUT2D eigenvalue weighted by Gasteiger charge is -2.36. The van der Waals surface area contributed by atoms with E-state index in [1.165, 1.54) is 50.9 Å². The second kappa shape index (κ2) is 5.27. The summed E-state index contributed by atoms with van der Waals surface area (Å²) in [5.74, 6) is 1.97. The van der Waals surface area contributed by atoms with Crippen molar-refractivity contribution in [2.45, 2.75) is 38.6 Å². The number of rotatable bonds is 2. The fraction of sp³-hybridized carbons (Fsp3) is 0.667. The van der Waals surface area contributed by atoms with E-state index in [0.717, 1.165) is 17.8 Å². The highest BCUT2D eigenvalue weighted by molar-refractivity contribution is 5.39. The Hall–Kier alpha value is -1.09. The van der Waals surface area contributed by atoms with Gasteiger partial charge in [-0.1, -0.05) is 6.07 Å². The van der Waals surface area contributed by atoms with Crippen LogP contribution in [0.3, 0.4) is 0 Å². The van der Waals surface area contributed by atoms with Gasteiger partial charge in [-0.25, -0.2) is 4.98 Å². The molecule has 1 N–H and O–H groups in total. The van der Waals surface area contributed by atoms with Crippen LogP contribution in [-0.4, -0.2) is 30.7 Å². The summed E-state index contributed by atoms with van der Waals surface area (Å²) in [6, 6.07) is 5.08. The van der Waals surface area contributed by atoms with Crippen LogP contribution in [0, 0.1) is 12.8 Å². The Morgan fingerprint density at radius 1 is 1.28 bits per heavy atom. The van der Waals surface area contributed by atoms with E-state index >= 15 is 0 Å². The van der Waals surface area contributed by atoms with Gasteiger partial charge < -0.3 is 10.2 Å². The van der Waals surface area contributed by atoms with Crippen LogP contribution in [-0.2, 0) is 0 Å². The second-order valence-electron chi connectivity index (χ2n) is 5.74. The maximum atomic E-state index is 4.57. The number of nitrogens with one attached hydrogen (secondary N) is 1. The molecule has 0 radical (unpaired) electrons. The Morgan fingerprint density at radius 3 is 2.94 bits per heavy atom. The molecule has 98 valence electrons. The predicted molar refractivity (Wildman–Crippen MR) is 74.9 cm³/mol. The highest BCUT2D eigenvalue weighted by Crippen LogP contribution is 2.27. The topological polar surface area (TPSA) is 28.2 Å². The molecule has 0 bridgehead atoms. The van der Waals surface area contributed by atoms with Crippen molar-refractivity contribution < 1.29 is 0 Å². The fourth-order valence-corrected chi connectivity index (χ4v) is 3.31. The third kappa shape index (κ3) is 2.51. The zero-order chi connectivity index (χ0) is 12.4. The minimum Gasteiger partial charge on any atom is -0.356 e. The molecule has 18 heavy (non-hydrogen) atoms. The summed E-state index contributed by atoms with van der Waals surface area (Å²) in [4.78, 5) is 7.03. The molecule has 3 rings (SSSR count). The van der Waals surface area contributed by atoms with Crippen LogP contribution >= 0.6 is 0 Å². The van der Waals surface area contributed by atoms with Gasteiger partial charge in [0, 0.05) is 25.3 Å². The summed E-state index contributed by atoms with van der Waals surface area (Å²) >= 11 is 0. The highest BCUT2D eigenvalue weighted by Gasteiger charge is 2.29. The summed E-state index contributed by atoms with van der Waals surface area (Å²) in [5, 5.41) is 3.66. The average Bonchev–Trinajstić information content (AvgIpc) is 2.94. The van der Waals surface area contributed by atoms with Gasteiger partial charge in [0.2, 0.25) is 0 Å². The van der Waals surface area contributed by atoms with Crippen molar-refractivity contribution in [1.82, 2.24) is 10.3 Å². The number of nitrogens with zero attached hydrogens (tertiary/aromatic N) is 2. The molecule has 0 saturated carbocycles. The Kier molecular flexibility index (Phi) is 3.50. The number of aryl methyl sites for hydroxylation is 1. The first-order valence-corrected chi connectivity index (χ1v) is 7.24. The first-order chi connectivity index (χ1) is 8.83. The zero-order valence-electron chi connectivity index (χ0n) is 11.2. The molecule has 0 amide bonds. The number of anilines is 1. The normalized spacial score (nSPS) is 28.6. The molecular formula is C15H23N3. The standard InChI is InChI=1S/C15H23N3/c1-12-6-7-15(17-10-12)18-9-3-4-13(11-18)14-5-2-8-16-14/h6-7,10,13-14,16H,2-5,8-9,11H2,1H3. The number of hydrogen-bond acceptors (Lipinski definition) is 3. The van der Waals surface area contributed by atoms with Gasteiger partial charge in [0.25, 0.3) is 0 Å². The van der Waals surface area contributed by atoms with E-state index in [9.17, 15) is 0 Å². The van der Waals surface area contributed by atoms with Crippen LogP contribution in [0.2, 0.25) is 0 Å². The van der Waals surface area contributed by atoms with Crippen LogP contribution in [0.15, 0.2) is 18.3 Å². The molecule has 2 unspecified atom stereocenters. The van der Waals surface area contributed by atoms with Gasteiger partial charge in [-0.05, 0) is 56.7 Å². The molecule has 3 nitrogen and oxygen atoms in total. The molecule has 2 atom stereocenters. The first-order valence-electron chi connectivity index (χ1n) is 7.24. The van der Waals surface area contributed by atoms with Crippen molar-refractivity contribution >= 4 is 5.82 Å². The van der Waals surface area contributed by atoms with E-state index in [1.807, 2.05) is 6.20 Å². The van der Waals surface area contributed by atoms with E-state index in [4.69, 9.17) is 0 Å². The summed E-state index contributed by atoms with van der Waals surface area (Å²) in [6.45, 7) is 5.65. The average molecular weight is 245 g/mol. The van der Waals surface area contributed by atoms with Crippen molar-refractivity contribution in [2.75, 3.05) is 24.5 Å². The number of aromatic nitrogens is 1. The summed E-state index contributed by atoms with van der Waals surface area (Å²) in [7, 11) is 0. The van der Waals surface area contributed by atoms with Crippen molar-refractivity contribution in [3.05, 3.63) is 23.9 Å². The summed E-state index contributed by atoms with van der Waals surface area (Å²) in [5.41, 5.74) is 1.24. The van der Waals surface area contributed by atoms with Crippen molar-refractivity contribution in [1.29, 1.82) is 0 Å². The maximum Gasteiger partial charge on any atom is 0.128 e. The van der Waals surface area contributed by atoms with Crippen LogP contribution in [0.4, 0.5) is 5.82 Å². The Balaban J connectivity index is 1.67. The third-order valence-corrected chi connectivity index (χ3v) is 4.35.